The number of Topliss-reactive ketones (excluding diaryl/α,β-unsaturated/α-hetero) is 1. The van der Waals surface area contributed by atoms with Gasteiger partial charge in [-0.15, -0.1) is 0 Å². The number of carbonyl (C=O) groups is 2. The molecule has 1 rings (SSSR count). The minimum Gasteiger partial charge on any atom is -0.475 e. The minimum atomic E-state index is -1.51. The van der Waals surface area contributed by atoms with Crippen molar-refractivity contribution in [1.82, 2.24) is 0 Å². The quantitative estimate of drug-likeness (QED) is 0.366. The summed E-state index contributed by atoms with van der Waals surface area (Å²) in [5.41, 5.74) is 5.59. The number of nitrogens with two attached hydrogens (primary N) is 1. The number of halogens is 1. The van der Waals surface area contributed by atoms with Crippen LogP contribution in [0.2, 0.25) is 0 Å². The van der Waals surface area contributed by atoms with E-state index in [9.17, 15) is 9.59 Å². The van der Waals surface area contributed by atoms with E-state index in [-0.39, 0.29) is 62.6 Å². The number of carboxylic acids is 1. The molecule has 0 saturated heterocycles. The molecule has 0 unspecified atom stereocenters. The van der Waals surface area contributed by atoms with Gasteiger partial charge in [-0.05, 0) is 18.2 Å². The van der Waals surface area contributed by atoms with Gasteiger partial charge in [0.15, 0.2) is 0 Å². The second-order valence-electron chi connectivity index (χ2n) is 2.37. The maximum Gasteiger partial charge on any atom is 0.377 e. The van der Waals surface area contributed by atoms with Crippen LogP contribution in [0.15, 0.2) is 22.7 Å². The number of rotatable bonds is 2. The molecule has 0 aliphatic rings. The molecule has 0 bridgehead atoms. The number of ketones is 1. The van der Waals surface area contributed by atoms with E-state index in [0.717, 1.165) is 0 Å². The number of carboxylic acid groups (broad SMARTS) is 1. The van der Waals surface area contributed by atoms with Crippen LogP contribution in [-0.2, 0) is 4.79 Å². The third-order valence-electron chi connectivity index (χ3n) is 1.45. The third kappa shape index (κ3) is 3.45. The molecule has 3 N–H and O–H groups in total. The first kappa shape index (κ1) is 14.3. The van der Waals surface area contributed by atoms with E-state index in [0.29, 0.717) is 4.47 Å². The Kier molecular flexibility index (Phi) is 6.11. The Morgan fingerprint density at radius 1 is 1.36 bits per heavy atom. The van der Waals surface area contributed by atoms with Gasteiger partial charge in [0.05, 0.1) is 5.56 Å². The van der Waals surface area contributed by atoms with Crippen molar-refractivity contribution in [3.63, 3.8) is 0 Å². The fraction of sp³-hybridized carbons (Fsp3) is 0. The molecule has 0 atom stereocenters. The summed E-state index contributed by atoms with van der Waals surface area (Å²) in [5, 5.41) is 8.43. The zero-order valence-corrected chi connectivity index (χ0v) is 12.2. The predicted octanol–water partition coefficient (Wildman–Crippen LogP) is 0.918. The monoisotopic (exact) mass is 282 g/mol. The average Bonchev–Trinajstić information content (AvgIpc) is 2.08. The van der Waals surface area contributed by atoms with Gasteiger partial charge in [-0.2, -0.15) is 0 Å². The van der Waals surface area contributed by atoms with Crippen LogP contribution in [0.25, 0.3) is 0 Å². The van der Waals surface area contributed by atoms with Crippen LogP contribution < -0.4 is 5.73 Å². The van der Waals surface area contributed by atoms with Crippen LogP contribution in [-0.4, -0.2) is 68.2 Å². The molecule has 1 aromatic carbocycles. The Labute approximate surface area is 131 Å². The van der Waals surface area contributed by atoms with Crippen LogP contribution in [0.3, 0.4) is 0 Å². The fourth-order valence-electron chi connectivity index (χ4n) is 0.840. The minimum absolute atomic E-state index is 0. The summed E-state index contributed by atoms with van der Waals surface area (Å²) in [6.45, 7) is 0. The molecule has 4 nitrogen and oxygen atoms in total. The van der Waals surface area contributed by atoms with E-state index in [1.807, 2.05) is 0 Å². The van der Waals surface area contributed by atoms with Crippen molar-refractivity contribution >= 4 is 84.8 Å². The van der Waals surface area contributed by atoms with E-state index < -0.39 is 11.8 Å². The third-order valence-corrected chi connectivity index (χ3v) is 1.95. The Morgan fingerprint density at radius 3 is 2.43 bits per heavy atom. The molecular formula is C8H6BrKNO3. The predicted molar refractivity (Wildman–Crippen MR) is 56.3 cm³/mol. The molecule has 0 aliphatic carbocycles. The van der Waals surface area contributed by atoms with E-state index in [1.165, 1.54) is 12.1 Å². The zero-order valence-electron chi connectivity index (χ0n) is 7.45. The summed E-state index contributed by atoms with van der Waals surface area (Å²) in [4.78, 5) is 21.4. The first-order valence-electron chi connectivity index (χ1n) is 3.35. The van der Waals surface area contributed by atoms with Crippen molar-refractivity contribution in [3.8, 4) is 0 Å². The molecular weight excluding hydrogens is 277 g/mol. The first-order valence-corrected chi connectivity index (χ1v) is 4.14. The number of carbonyl (C=O) groups excluding carboxylic acids is 1. The van der Waals surface area contributed by atoms with Crippen molar-refractivity contribution < 1.29 is 14.7 Å². The Morgan fingerprint density at radius 2 is 1.93 bits per heavy atom. The van der Waals surface area contributed by atoms with E-state index in [4.69, 9.17) is 10.8 Å². The van der Waals surface area contributed by atoms with E-state index in [1.54, 1.807) is 6.07 Å². The molecule has 0 spiro atoms. The summed E-state index contributed by atoms with van der Waals surface area (Å²) in [6, 6.07) is 4.49. The molecule has 6 heteroatoms. The summed E-state index contributed by atoms with van der Waals surface area (Å²) in [7, 11) is 0. The van der Waals surface area contributed by atoms with Crippen molar-refractivity contribution in [1.29, 1.82) is 0 Å². The summed E-state index contributed by atoms with van der Waals surface area (Å²) in [5.74, 6) is -2.51. The molecule has 0 heterocycles. The van der Waals surface area contributed by atoms with Gasteiger partial charge in [0.25, 0.3) is 5.78 Å². The molecule has 0 saturated carbocycles. The van der Waals surface area contributed by atoms with Crippen molar-refractivity contribution in [2.45, 2.75) is 0 Å². The van der Waals surface area contributed by atoms with Gasteiger partial charge in [-0.3, -0.25) is 4.79 Å². The van der Waals surface area contributed by atoms with Crippen LogP contribution in [0.1, 0.15) is 10.4 Å². The number of hydrogen-bond donors (Lipinski definition) is 2. The molecule has 0 amide bonds. The number of benzene rings is 1. The standard InChI is InChI=1S/C8H6BrNO3.K/c9-4-1-2-6(10)5(3-4)7(11)8(12)13;/h1-3H,10H2,(H,12,13);. The number of aliphatic carboxylic acids is 1. The molecule has 69 valence electrons. The maximum absolute atomic E-state index is 11.0. The van der Waals surface area contributed by atoms with E-state index in [2.05, 4.69) is 15.9 Å². The van der Waals surface area contributed by atoms with Gasteiger partial charge in [0.2, 0.25) is 0 Å². The second-order valence-corrected chi connectivity index (χ2v) is 3.28. The summed E-state index contributed by atoms with van der Waals surface area (Å²) >= 11 is 3.11. The first-order chi connectivity index (χ1) is 6.02. The molecule has 0 aliphatic heterocycles. The summed E-state index contributed by atoms with van der Waals surface area (Å²) < 4.78 is 0.617. The Hall–Kier alpha value is 0.276. The smallest absolute Gasteiger partial charge is 0.377 e. The fourth-order valence-corrected chi connectivity index (χ4v) is 1.20. The van der Waals surface area contributed by atoms with Crippen LogP contribution in [0, 0.1) is 0 Å². The number of anilines is 1. The average molecular weight is 283 g/mol. The molecule has 1 aromatic rings. The van der Waals surface area contributed by atoms with Crippen molar-refractivity contribution in [2.75, 3.05) is 5.73 Å². The number of hydrogen-bond acceptors (Lipinski definition) is 3. The maximum atomic E-state index is 11.0. The van der Waals surface area contributed by atoms with Gasteiger partial charge < -0.3 is 10.8 Å². The Balaban J connectivity index is 0.00000169. The van der Waals surface area contributed by atoms with Crippen LogP contribution in [0.5, 0.6) is 0 Å². The van der Waals surface area contributed by atoms with Gasteiger partial charge in [-0.25, -0.2) is 4.79 Å². The van der Waals surface area contributed by atoms with Crippen molar-refractivity contribution in [3.05, 3.63) is 28.2 Å². The van der Waals surface area contributed by atoms with E-state index >= 15 is 0 Å². The van der Waals surface area contributed by atoms with Gasteiger partial charge >= 0.3 is 5.97 Å². The van der Waals surface area contributed by atoms with Crippen LogP contribution in [0.4, 0.5) is 5.69 Å². The topological polar surface area (TPSA) is 80.4 Å². The Bertz CT molecular complexity index is 381. The van der Waals surface area contributed by atoms with Gasteiger partial charge in [0.1, 0.15) is 0 Å². The zero-order chi connectivity index (χ0) is 10.0. The number of nitrogen functional groups attached to an aromatic ring is 1. The normalized spacial score (nSPS) is 8.93. The molecule has 0 aromatic heterocycles. The second kappa shape index (κ2) is 5.99. The largest absolute Gasteiger partial charge is 0.475 e. The summed E-state index contributed by atoms with van der Waals surface area (Å²) in [6.07, 6.45) is 0. The molecule has 14 heavy (non-hydrogen) atoms. The molecule has 1 radical (unpaired) electrons. The molecule has 0 fully saturated rings. The van der Waals surface area contributed by atoms with Crippen LogP contribution >= 0.6 is 15.9 Å². The van der Waals surface area contributed by atoms with Crippen molar-refractivity contribution in [2.24, 2.45) is 0 Å². The van der Waals surface area contributed by atoms with Gasteiger partial charge in [0, 0.05) is 61.5 Å². The SMILES string of the molecule is Nc1ccc(Br)cc1C(=O)C(=O)O.[K]. The van der Waals surface area contributed by atoms with Gasteiger partial charge in [-0.1, -0.05) is 15.9 Å².